The lowest BCUT2D eigenvalue weighted by atomic mass is 10.2. The molecule has 3 aromatic rings. The monoisotopic (exact) mass is 417 g/mol. The Balaban J connectivity index is 1.33. The highest BCUT2D eigenvalue weighted by atomic mass is 16.5. The summed E-state index contributed by atoms with van der Waals surface area (Å²) in [5.41, 5.74) is 1.27. The van der Waals surface area contributed by atoms with Gasteiger partial charge in [-0.1, -0.05) is 18.2 Å². The predicted molar refractivity (Wildman–Crippen MR) is 112 cm³/mol. The van der Waals surface area contributed by atoms with E-state index >= 15 is 0 Å². The second-order valence-corrected chi connectivity index (χ2v) is 7.34. The molecule has 7 nitrogen and oxygen atoms in total. The van der Waals surface area contributed by atoms with Crippen molar-refractivity contribution in [1.29, 1.82) is 5.26 Å². The number of carbonyl (C=O) groups excluding carboxylic acids is 1. The maximum absolute atomic E-state index is 12.5. The van der Waals surface area contributed by atoms with E-state index in [9.17, 15) is 4.79 Å². The number of nitriles is 1. The lowest BCUT2D eigenvalue weighted by molar-refractivity contribution is 0.0918. The summed E-state index contributed by atoms with van der Waals surface area (Å²) in [7, 11) is 0. The normalized spacial score (nSPS) is 13.5. The van der Waals surface area contributed by atoms with Crippen LogP contribution in [0.3, 0.4) is 0 Å². The number of benzene rings is 1. The average molecular weight is 417 g/mol. The van der Waals surface area contributed by atoms with E-state index in [-0.39, 0.29) is 30.9 Å². The quantitative estimate of drug-likeness (QED) is 0.584. The molecule has 0 atom stereocenters. The Morgan fingerprint density at radius 3 is 2.84 bits per heavy atom. The van der Waals surface area contributed by atoms with Crippen molar-refractivity contribution in [3.8, 4) is 17.7 Å². The molecule has 1 saturated carbocycles. The van der Waals surface area contributed by atoms with Gasteiger partial charge < -0.3 is 19.2 Å². The van der Waals surface area contributed by atoms with Crippen LogP contribution in [0.2, 0.25) is 0 Å². The van der Waals surface area contributed by atoms with Crippen LogP contribution in [0.5, 0.6) is 11.6 Å². The number of ether oxygens (including phenoxy) is 2. The fourth-order valence-electron chi connectivity index (χ4n) is 3.50. The van der Waals surface area contributed by atoms with Crippen LogP contribution in [-0.2, 0) is 13.2 Å². The summed E-state index contributed by atoms with van der Waals surface area (Å²) in [6, 6.07) is 16.0. The van der Waals surface area contributed by atoms with Crippen LogP contribution in [0.1, 0.15) is 53.1 Å². The van der Waals surface area contributed by atoms with Crippen LogP contribution in [-0.4, -0.2) is 17.0 Å². The van der Waals surface area contributed by atoms with Gasteiger partial charge in [0.15, 0.2) is 5.76 Å². The molecule has 1 aliphatic carbocycles. The van der Waals surface area contributed by atoms with Gasteiger partial charge in [0.1, 0.15) is 30.3 Å². The molecule has 0 unspecified atom stereocenters. The van der Waals surface area contributed by atoms with Crippen molar-refractivity contribution in [2.45, 2.75) is 44.9 Å². The van der Waals surface area contributed by atoms with Crippen molar-refractivity contribution in [1.82, 2.24) is 10.3 Å². The Morgan fingerprint density at radius 2 is 2.00 bits per heavy atom. The molecule has 0 aliphatic heterocycles. The number of hydrogen-bond donors (Lipinski definition) is 1. The molecule has 2 heterocycles. The standard InChI is InChI=1S/C24H23N3O4/c25-14-17-6-1-4-10-21(17)29-16-20-11-12-22(30-20)23(28)27-15-18-7-5-13-26-24(18)31-19-8-2-3-9-19/h1,4-7,10-13,19H,2-3,8-9,15-16H2,(H,27,28). The molecule has 158 valence electrons. The number of para-hydroxylation sites is 1. The first-order valence-electron chi connectivity index (χ1n) is 10.3. The van der Waals surface area contributed by atoms with E-state index in [1.54, 1.807) is 42.6 Å². The molecular formula is C24H23N3O4. The first kappa shape index (κ1) is 20.5. The molecular weight excluding hydrogens is 394 g/mol. The lowest BCUT2D eigenvalue weighted by Crippen LogP contribution is -2.23. The summed E-state index contributed by atoms with van der Waals surface area (Å²) in [6.45, 7) is 0.407. The van der Waals surface area contributed by atoms with Crippen LogP contribution < -0.4 is 14.8 Å². The highest BCUT2D eigenvalue weighted by molar-refractivity contribution is 5.91. The topological polar surface area (TPSA) is 97.4 Å². The summed E-state index contributed by atoms with van der Waals surface area (Å²) in [5.74, 6) is 1.39. The zero-order chi connectivity index (χ0) is 21.5. The van der Waals surface area contributed by atoms with E-state index in [0.717, 1.165) is 18.4 Å². The predicted octanol–water partition coefficient (Wildman–Crippen LogP) is 4.38. The second-order valence-electron chi connectivity index (χ2n) is 7.34. The number of rotatable bonds is 8. The minimum Gasteiger partial charge on any atom is -0.484 e. The van der Waals surface area contributed by atoms with Gasteiger partial charge in [-0.05, 0) is 56.0 Å². The first-order valence-corrected chi connectivity index (χ1v) is 10.3. The number of nitrogens with one attached hydrogen (secondary N) is 1. The molecule has 1 aromatic carbocycles. The highest BCUT2D eigenvalue weighted by Gasteiger charge is 2.19. The smallest absolute Gasteiger partial charge is 0.287 e. The summed E-state index contributed by atoms with van der Waals surface area (Å²) in [4.78, 5) is 16.8. The number of aromatic nitrogens is 1. The number of amides is 1. The molecule has 1 amide bonds. The second kappa shape index (κ2) is 9.81. The van der Waals surface area contributed by atoms with Crippen molar-refractivity contribution >= 4 is 5.91 Å². The van der Waals surface area contributed by atoms with E-state index in [0.29, 0.717) is 23.0 Å². The summed E-state index contributed by atoms with van der Waals surface area (Å²) in [5, 5.41) is 12.0. The van der Waals surface area contributed by atoms with Gasteiger partial charge in [0.25, 0.3) is 5.91 Å². The van der Waals surface area contributed by atoms with Crippen molar-refractivity contribution in [3.05, 3.63) is 77.4 Å². The van der Waals surface area contributed by atoms with Crippen LogP contribution in [0.4, 0.5) is 0 Å². The van der Waals surface area contributed by atoms with Gasteiger partial charge in [-0.15, -0.1) is 0 Å². The Labute approximate surface area is 180 Å². The Hall–Kier alpha value is -3.79. The molecule has 0 radical (unpaired) electrons. The Morgan fingerprint density at radius 1 is 1.16 bits per heavy atom. The van der Waals surface area contributed by atoms with Crippen molar-refractivity contribution < 1.29 is 18.7 Å². The summed E-state index contributed by atoms with van der Waals surface area (Å²) < 4.78 is 17.3. The van der Waals surface area contributed by atoms with Crippen molar-refractivity contribution in [3.63, 3.8) is 0 Å². The Kier molecular flexibility index (Phi) is 6.48. The average Bonchev–Trinajstić information content (AvgIpc) is 3.49. The van der Waals surface area contributed by atoms with E-state index in [2.05, 4.69) is 16.4 Å². The van der Waals surface area contributed by atoms with E-state index in [1.807, 2.05) is 12.1 Å². The van der Waals surface area contributed by atoms with Crippen molar-refractivity contribution in [2.24, 2.45) is 0 Å². The molecule has 7 heteroatoms. The van der Waals surface area contributed by atoms with Gasteiger partial charge in [0.2, 0.25) is 5.88 Å². The third-order valence-electron chi connectivity index (χ3n) is 5.13. The molecule has 0 spiro atoms. The zero-order valence-electron chi connectivity index (χ0n) is 17.0. The maximum atomic E-state index is 12.5. The molecule has 1 aliphatic rings. The number of hydrogen-bond acceptors (Lipinski definition) is 6. The molecule has 1 fully saturated rings. The molecule has 0 bridgehead atoms. The van der Waals surface area contributed by atoms with Gasteiger partial charge in [-0.25, -0.2) is 4.98 Å². The Bertz CT molecular complexity index is 1080. The lowest BCUT2D eigenvalue weighted by Gasteiger charge is -2.15. The number of furan rings is 1. The molecule has 31 heavy (non-hydrogen) atoms. The largest absolute Gasteiger partial charge is 0.484 e. The van der Waals surface area contributed by atoms with Crippen LogP contribution >= 0.6 is 0 Å². The van der Waals surface area contributed by atoms with E-state index in [4.69, 9.17) is 19.2 Å². The third-order valence-corrected chi connectivity index (χ3v) is 5.13. The third kappa shape index (κ3) is 5.23. The number of nitrogens with zero attached hydrogens (tertiary/aromatic N) is 2. The molecule has 4 rings (SSSR count). The highest BCUT2D eigenvalue weighted by Crippen LogP contribution is 2.25. The minimum absolute atomic E-state index is 0.119. The van der Waals surface area contributed by atoms with Crippen LogP contribution in [0.15, 0.2) is 59.1 Å². The minimum atomic E-state index is -0.334. The fraction of sp³-hybridized carbons (Fsp3) is 0.292. The van der Waals surface area contributed by atoms with E-state index in [1.165, 1.54) is 12.8 Å². The van der Waals surface area contributed by atoms with Crippen molar-refractivity contribution in [2.75, 3.05) is 0 Å². The van der Waals surface area contributed by atoms with Gasteiger partial charge in [0.05, 0.1) is 5.56 Å². The van der Waals surface area contributed by atoms with E-state index < -0.39 is 0 Å². The van der Waals surface area contributed by atoms with Crippen LogP contribution in [0, 0.1) is 11.3 Å². The van der Waals surface area contributed by atoms with Gasteiger partial charge in [-0.3, -0.25) is 4.79 Å². The summed E-state index contributed by atoms with van der Waals surface area (Å²) >= 11 is 0. The SMILES string of the molecule is N#Cc1ccccc1OCc1ccc(C(=O)NCc2cccnc2OC2CCCC2)o1. The fourth-order valence-corrected chi connectivity index (χ4v) is 3.50. The van der Waals surface area contributed by atoms with Gasteiger partial charge >= 0.3 is 0 Å². The molecule has 2 aromatic heterocycles. The first-order chi connectivity index (χ1) is 15.2. The molecule has 0 saturated heterocycles. The zero-order valence-corrected chi connectivity index (χ0v) is 17.0. The van der Waals surface area contributed by atoms with Gasteiger partial charge in [0, 0.05) is 18.3 Å². The van der Waals surface area contributed by atoms with Crippen LogP contribution in [0.25, 0.3) is 0 Å². The summed E-state index contributed by atoms with van der Waals surface area (Å²) in [6.07, 6.45) is 6.32. The molecule has 1 N–H and O–H groups in total. The maximum Gasteiger partial charge on any atom is 0.287 e. The number of pyridine rings is 1. The van der Waals surface area contributed by atoms with Gasteiger partial charge in [-0.2, -0.15) is 5.26 Å². The number of carbonyl (C=O) groups is 1.